The van der Waals surface area contributed by atoms with Gasteiger partial charge in [-0.15, -0.1) is 0 Å². The molecule has 0 aliphatic carbocycles. The van der Waals surface area contributed by atoms with Crippen molar-refractivity contribution in [2.45, 2.75) is 110 Å². The minimum atomic E-state index is -0.899. The molecule has 0 spiro atoms. The van der Waals surface area contributed by atoms with Crippen molar-refractivity contribution in [1.82, 2.24) is 0 Å². The van der Waals surface area contributed by atoms with Crippen LogP contribution in [0.15, 0.2) is 11.8 Å². The number of aliphatic carboxylic acids is 1. The summed E-state index contributed by atoms with van der Waals surface area (Å²) in [5.74, 6) is -0.899. The van der Waals surface area contributed by atoms with E-state index in [9.17, 15) is 14.9 Å². The molecule has 0 aromatic rings. The highest BCUT2D eigenvalue weighted by Gasteiger charge is 2.10. The minimum Gasteiger partial charge on any atom is -0.481 e. The standard InChI is InChI=1S/C20H37NO4/c1-2-3-4-5-6-7-8-9-10-11-12-13-14-16-19(21(24)25)17-15-18-20(22)23/h16H,2-15,17-18H2,1H3,(H,22,23). The monoisotopic (exact) mass is 355 g/mol. The lowest BCUT2D eigenvalue weighted by Crippen LogP contribution is -2.01. The van der Waals surface area contributed by atoms with Gasteiger partial charge in [0.2, 0.25) is 5.70 Å². The van der Waals surface area contributed by atoms with Crippen molar-refractivity contribution in [1.29, 1.82) is 0 Å². The van der Waals surface area contributed by atoms with E-state index < -0.39 is 5.97 Å². The van der Waals surface area contributed by atoms with Crippen LogP contribution in [-0.4, -0.2) is 16.0 Å². The lowest BCUT2D eigenvalue weighted by Gasteiger charge is -2.02. The van der Waals surface area contributed by atoms with Gasteiger partial charge in [-0.2, -0.15) is 0 Å². The summed E-state index contributed by atoms with van der Waals surface area (Å²) in [6.45, 7) is 2.24. The second-order valence-electron chi connectivity index (χ2n) is 6.88. The maximum atomic E-state index is 10.9. The lowest BCUT2D eigenvalue weighted by atomic mass is 10.0. The molecular formula is C20H37NO4. The van der Waals surface area contributed by atoms with Gasteiger partial charge < -0.3 is 5.11 Å². The molecule has 0 bridgehead atoms. The smallest absolute Gasteiger partial charge is 0.303 e. The molecule has 0 aromatic heterocycles. The van der Waals surface area contributed by atoms with Crippen LogP contribution in [0.4, 0.5) is 0 Å². The molecular weight excluding hydrogens is 318 g/mol. The number of carboxylic acids is 1. The molecule has 0 amide bonds. The Morgan fingerprint density at radius 3 is 1.76 bits per heavy atom. The Morgan fingerprint density at radius 1 is 0.840 bits per heavy atom. The zero-order chi connectivity index (χ0) is 18.8. The van der Waals surface area contributed by atoms with Crippen LogP contribution in [-0.2, 0) is 4.79 Å². The molecule has 0 radical (unpaired) electrons. The van der Waals surface area contributed by atoms with Crippen LogP contribution in [0.5, 0.6) is 0 Å². The van der Waals surface area contributed by atoms with Gasteiger partial charge in [0.05, 0.1) is 4.92 Å². The van der Waals surface area contributed by atoms with Gasteiger partial charge in [0.25, 0.3) is 0 Å². The van der Waals surface area contributed by atoms with E-state index in [2.05, 4.69) is 6.92 Å². The zero-order valence-corrected chi connectivity index (χ0v) is 16.0. The van der Waals surface area contributed by atoms with Crippen molar-refractivity contribution in [2.24, 2.45) is 0 Å². The Hall–Kier alpha value is -1.39. The van der Waals surface area contributed by atoms with Crippen molar-refractivity contribution in [2.75, 3.05) is 0 Å². The van der Waals surface area contributed by atoms with Crippen molar-refractivity contribution >= 4 is 5.97 Å². The molecule has 0 saturated carbocycles. The Balaban J connectivity index is 3.52. The third-order valence-corrected chi connectivity index (χ3v) is 4.50. The van der Waals surface area contributed by atoms with Crippen LogP contribution >= 0.6 is 0 Å². The molecule has 0 atom stereocenters. The molecule has 0 saturated heterocycles. The SMILES string of the molecule is CCCCCCCCCCCCCCC=C(CCCC(=O)O)[N+](=O)[O-]. The summed E-state index contributed by atoms with van der Waals surface area (Å²) in [5.41, 5.74) is 0.171. The largest absolute Gasteiger partial charge is 0.481 e. The highest BCUT2D eigenvalue weighted by Crippen LogP contribution is 2.14. The summed E-state index contributed by atoms with van der Waals surface area (Å²) < 4.78 is 0. The van der Waals surface area contributed by atoms with Gasteiger partial charge in [0, 0.05) is 12.8 Å². The summed E-state index contributed by atoms with van der Waals surface area (Å²) in [4.78, 5) is 21.0. The maximum Gasteiger partial charge on any atom is 0.303 e. The summed E-state index contributed by atoms with van der Waals surface area (Å²) in [6.07, 6.45) is 18.3. The third-order valence-electron chi connectivity index (χ3n) is 4.50. The molecule has 146 valence electrons. The fourth-order valence-corrected chi connectivity index (χ4v) is 2.94. The summed E-state index contributed by atoms with van der Waals surface area (Å²) in [5, 5.41) is 19.5. The average Bonchev–Trinajstić information content (AvgIpc) is 2.56. The molecule has 0 heterocycles. The summed E-state index contributed by atoms with van der Waals surface area (Å²) in [6, 6.07) is 0. The van der Waals surface area contributed by atoms with Crippen molar-refractivity contribution in [3.8, 4) is 0 Å². The van der Waals surface area contributed by atoms with Gasteiger partial charge in [0.1, 0.15) is 0 Å². The van der Waals surface area contributed by atoms with Crippen LogP contribution in [0, 0.1) is 10.1 Å². The van der Waals surface area contributed by atoms with Crippen molar-refractivity contribution < 1.29 is 14.8 Å². The normalized spacial score (nSPS) is 11.6. The molecule has 0 aliphatic rings. The van der Waals surface area contributed by atoms with E-state index in [0.717, 1.165) is 19.3 Å². The Labute approximate surface area is 153 Å². The van der Waals surface area contributed by atoms with Crippen LogP contribution in [0.3, 0.4) is 0 Å². The fraction of sp³-hybridized carbons (Fsp3) is 0.850. The van der Waals surface area contributed by atoms with Gasteiger partial charge in [-0.1, -0.05) is 77.6 Å². The molecule has 5 heteroatoms. The molecule has 0 unspecified atom stereocenters. The molecule has 0 rings (SSSR count). The Bertz CT molecular complexity index is 380. The van der Waals surface area contributed by atoms with Gasteiger partial charge in [-0.05, 0) is 25.3 Å². The van der Waals surface area contributed by atoms with Crippen LogP contribution < -0.4 is 0 Å². The lowest BCUT2D eigenvalue weighted by molar-refractivity contribution is -0.428. The maximum absolute atomic E-state index is 10.9. The summed E-state index contributed by atoms with van der Waals surface area (Å²) in [7, 11) is 0. The zero-order valence-electron chi connectivity index (χ0n) is 16.0. The van der Waals surface area contributed by atoms with Crippen LogP contribution in [0.1, 0.15) is 110 Å². The number of hydrogen-bond donors (Lipinski definition) is 1. The molecule has 5 nitrogen and oxygen atoms in total. The summed E-state index contributed by atoms with van der Waals surface area (Å²) >= 11 is 0. The van der Waals surface area contributed by atoms with E-state index >= 15 is 0 Å². The van der Waals surface area contributed by atoms with E-state index in [-0.39, 0.29) is 23.5 Å². The van der Waals surface area contributed by atoms with E-state index in [1.54, 1.807) is 6.08 Å². The van der Waals surface area contributed by atoms with Gasteiger partial charge in [-0.3, -0.25) is 14.9 Å². The topological polar surface area (TPSA) is 80.4 Å². The van der Waals surface area contributed by atoms with Gasteiger partial charge >= 0.3 is 5.97 Å². The number of carbonyl (C=O) groups is 1. The second-order valence-corrected chi connectivity index (χ2v) is 6.88. The van der Waals surface area contributed by atoms with E-state index in [1.807, 2.05) is 0 Å². The molecule has 0 aliphatic heterocycles. The highest BCUT2D eigenvalue weighted by atomic mass is 16.6. The average molecular weight is 356 g/mol. The van der Waals surface area contributed by atoms with E-state index in [1.165, 1.54) is 64.2 Å². The fourth-order valence-electron chi connectivity index (χ4n) is 2.94. The molecule has 25 heavy (non-hydrogen) atoms. The number of nitro groups is 1. The van der Waals surface area contributed by atoms with Crippen LogP contribution in [0.25, 0.3) is 0 Å². The highest BCUT2D eigenvalue weighted by molar-refractivity contribution is 5.66. The van der Waals surface area contributed by atoms with E-state index in [4.69, 9.17) is 5.11 Å². The van der Waals surface area contributed by atoms with Gasteiger partial charge in [0.15, 0.2) is 0 Å². The predicted molar refractivity (Wildman–Crippen MR) is 102 cm³/mol. The quantitative estimate of drug-likeness (QED) is 0.173. The number of nitrogens with zero attached hydrogens (tertiary/aromatic N) is 1. The number of rotatable bonds is 18. The van der Waals surface area contributed by atoms with E-state index in [0.29, 0.717) is 6.42 Å². The third kappa shape index (κ3) is 17.2. The first kappa shape index (κ1) is 23.6. The first-order valence-electron chi connectivity index (χ1n) is 10.1. The number of allylic oxidation sites excluding steroid dienone is 2. The molecule has 0 fully saturated rings. The number of hydrogen-bond acceptors (Lipinski definition) is 3. The molecule has 0 aromatic carbocycles. The van der Waals surface area contributed by atoms with Crippen molar-refractivity contribution in [3.63, 3.8) is 0 Å². The number of carboxylic acid groups (broad SMARTS) is 1. The second kappa shape index (κ2) is 17.4. The first-order valence-corrected chi connectivity index (χ1v) is 10.1. The first-order chi connectivity index (χ1) is 12.1. The van der Waals surface area contributed by atoms with Gasteiger partial charge in [-0.25, -0.2) is 0 Å². The number of unbranched alkanes of at least 4 members (excludes halogenated alkanes) is 12. The Morgan fingerprint density at radius 2 is 1.32 bits per heavy atom. The van der Waals surface area contributed by atoms with Crippen molar-refractivity contribution in [3.05, 3.63) is 21.9 Å². The minimum absolute atomic E-state index is 0.0101. The predicted octanol–water partition coefficient (Wildman–Crippen LogP) is 6.49. The molecule has 1 N–H and O–H groups in total. The Kier molecular flexibility index (Phi) is 16.5. The van der Waals surface area contributed by atoms with Crippen LogP contribution in [0.2, 0.25) is 0 Å².